The summed E-state index contributed by atoms with van der Waals surface area (Å²) in [6.07, 6.45) is 0.611. The molecule has 0 fully saturated rings. The Balaban J connectivity index is 2.02. The molecule has 2 aromatic carbocycles. The summed E-state index contributed by atoms with van der Waals surface area (Å²) >= 11 is 0. The molecule has 3 aromatic rings. The molecule has 1 aliphatic heterocycles. The molecule has 0 bridgehead atoms. The summed E-state index contributed by atoms with van der Waals surface area (Å²) in [5.41, 5.74) is 1.86. The molecular weight excluding hydrogens is 370 g/mol. The van der Waals surface area contributed by atoms with Crippen LogP contribution in [0.25, 0.3) is 11.3 Å². The van der Waals surface area contributed by atoms with E-state index >= 15 is 0 Å². The van der Waals surface area contributed by atoms with E-state index in [1.54, 1.807) is 19.1 Å². The van der Waals surface area contributed by atoms with Gasteiger partial charge in [0.05, 0.1) is 17.9 Å². The number of aromatic hydroxyl groups is 1. The van der Waals surface area contributed by atoms with Crippen LogP contribution in [0.4, 0.5) is 0 Å². The van der Waals surface area contributed by atoms with Gasteiger partial charge in [-0.2, -0.15) is 0 Å². The summed E-state index contributed by atoms with van der Waals surface area (Å²) in [5, 5.41) is 10.2. The van der Waals surface area contributed by atoms with Gasteiger partial charge in [-0.05, 0) is 37.1 Å². The van der Waals surface area contributed by atoms with Crippen molar-refractivity contribution < 1.29 is 19.4 Å². The van der Waals surface area contributed by atoms with E-state index in [1.165, 1.54) is 22.8 Å². The number of rotatable bonds is 4. The van der Waals surface area contributed by atoms with E-state index in [-0.39, 0.29) is 29.0 Å². The van der Waals surface area contributed by atoms with E-state index in [1.807, 2.05) is 24.3 Å². The Hall–Kier alpha value is -3.67. The van der Waals surface area contributed by atoms with Crippen LogP contribution in [-0.2, 0) is 17.7 Å². The first-order chi connectivity index (χ1) is 14.0. The van der Waals surface area contributed by atoms with Gasteiger partial charge < -0.3 is 14.4 Å². The molecule has 1 aromatic heterocycles. The van der Waals surface area contributed by atoms with Crippen molar-refractivity contribution in [2.75, 3.05) is 6.61 Å². The summed E-state index contributed by atoms with van der Waals surface area (Å²) in [6, 6.07) is 15.1. The lowest BCUT2D eigenvalue weighted by Crippen LogP contribution is -2.33. The molecule has 29 heavy (non-hydrogen) atoms. The molecule has 0 radical (unpaired) electrons. The molecule has 0 amide bonds. The van der Waals surface area contributed by atoms with E-state index in [9.17, 15) is 19.5 Å². The number of esters is 1. The van der Waals surface area contributed by atoms with Gasteiger partial charge in [-0.25, -0.2) is 4.79 Å². The number of carbonyl (C=O) groups excluding carboxylic acids is 2. The summed E-state index contributed by atoms with van der Waals surface area (Å²) < 4.78 is 6.48. The molecule has 146 valence electrons. The van der Waals surface area contributed by atoms with Crippen molar-refractivity contribution in [3.05, 3.63) is 87.2 Å². The number of hydrogen-bond acceptors (Lipinski definition) is 5. The van der Waals surface area contributed by atoms with Crippen molar-refractivity contribution in [2.45, 2.75) is 19.9 Å². The van der Waals surface area contributed by atoms with Crippen LogP contribution in [0.3, 0.4) is 0 Å². The van der Waals surface area contributed by atoms with Crippen LogP contribution in [-0.4, -0.2) is 28.0 Å². The minimum Gasteiger partial charge on any atom is -0.507 e. The Morgan fingerprint density at radius 3 is 2.52 bits per heavy atom. The zero-order chi connectivity index (χ0) is 20.5. The standard InChI is InChI=1S/C23H19NO5/c1-2-29-23(28)18-13-17(21(26)16-9-5-6-10-19(16)25)20-15-8-4-3-7-14(15)11-12-24(20)22(18)27/h3-10,13,25H,2,11-12H2,1H3. The Labute approximate surface area is 167 Å². The molecule has 6 nitrogen and oxygen atoms in total. The fraction of sp³-hybridized carbons (Fsp3) is 0.174. The van der Waals surface area contributed by atoms with Gasteiger partial charge in [0, 0.05) is 17.7 Å². The van der Waals surface area contributed by atoms with E-state index < -0.39 is 17.3 Å². The normalized spacial score (nSPS) is 12.0. The minimum atomic E-state index is -0.766. The number of pyridine rings is 1. The maximum atomic E-state index is 13.4. The number of carbonyl (C=O) groups is 2. The number of benzene rings is 2. The van der Waals surface area contributed by atoms with E-state index in [0.717, 1.165) is 11.1 Å². The average molecular weight is 389 g/mol. The van der Waals surface area contributed by atoms with Crippen LogP contribution in [0.5, 0.6) is 5.75 Å². The van der Waals surface area contributed by atoms with Gasteiger partial charge in [-0.15, -0.1) is 0 Å². The molecule has 2 heterocycles. The molecule has 0 atom stereocenters. The summed E-state index contributed by atoms with van der Waals surface area (Å²) in [7, 11) is 0. The first-order valence-corrected chi connectivity index (χ1v) is 9.38. The number of phenolic OH excluding ortho intramolecular Hbond substituents is 1. The third-order valence-corrected chi connectivity index (χ3v) is 5.06. The molecule has 6 heteroatoms. The van der Waals surface area contributed by atoms with Crippen molar-refractivity contribution in [1.29, 1.82) is 0 Å². The maximum absolute atomic E-state index is 13.4. The average Bonchev–Trinajstić information content (AvgIpc) is 2.74. The molecule has 0 saturated carbocycles. The lowest BCUT2D eigenvalue weighted by atomic mass is 9.90. The number of nitrogens with zero attached hydrogens (tertiary/aromatic N) is 1. The number of ether oxygens (including phenoxy) is 1. The Kier molecular flexibility index (Phi) is 4.76. The highest BCUT2D eigenvalue weighted by Crippen LogP contribution is 2.33. The van der Waals surface area contributed by atoms with Crippen molar-refractivity contribution in [3.63, 3.8) is 0 Å². The highest BCUT2D eigenvalue weighted by molar-refractivity contribution is 6.14. The number of ketones is 1. The topological polar surface area (TPSA) is 85.6 Å². The van der Waals surface area contributed by atoms with Gasteiger partial charge in [0.15, 0.2) is 5.78 Å². The van der Waals surface area contributed by atoms with Crippen LogP contribution in [0.2, 0.25) is 0 Å². The Bertz CT molecular complexity index is 1190. The quantitative estimate of drug-likeness (QED) is 0.547. The van der Waals surface area contributed by atoms with Crippen molar-refractivity contribution >= 4 is 11.8 Å². The number of aromatic nitrogens is 1. The molecule has 0 spiro atoms. The third kappa shape index (κ3) is 3.12. The van der Waals surface area contributed by atoms with Crippen molar-refractivity contribution in [1.82, 2.24) is 4.57 Å². The fourth-order valence-corrected chi connectivity index (χ4v) is 3.71. The summed E-state index contributed by atoms with van der Waals surface area (Å²) in [6.45, 7) is 2.11. The first-order valence-electron chi connectivity index (χ1n) is 9.38. The summed E-state index contributed by atoms with van der Waals surface area (Å²) in [5.74, 6) is -1.39. The maximum Gasteiger partial charge on any atom is 0.343 e. The summed E-state index contributed by atoms with van der Waals surface area (Å²) in [4.78, 5) is 38.8. The second-order valence-electron chi connectivity index (χ2n) is 6.75. The van der Waals surface area contributed by atoms with Crippen LogP contribution >= 0.6 is 0 Å². The monoisotopic (exact) mass is 389 g/mol. The lowest BCUT2D eigenvalue weighted by Gasteiger charge is -2.25. The molecular formula is C23H19NO5. The molecule has 0 saturated heterocycles. The molecule has 1 aliphatic rings. The number of para-hydroxylation sites is 1. The lowest BCUT2D eigenvalue weighted by molar-refractivity contribution is 0.0523. The van der Waals surface area contributed by atoms with Gasteiger partial charge >= 0.3 is 5.97 Å². The number of aryl methyl sites for hydroxylation is 1. The van der Waals surface area contributed by atoms with Crippen LogP contribution in [0, 0.1) is 0 Å². The van der Waals surface area contributed by atoms with E-state index in [0.29, 0.717) is 18.7 Å². The van der Waals surface area contributed by atoms with E-state index in [4.69, 9.17) is 4.74 Å². The third-order valence-electron chi connectivity index (χ3n) is 5.06. The smallest absolute Gasteiger partial charge is 0.343 e. The largest absolute Gasteiger partial charge is 0.507 e. The number of fused-ring (bicyclic) bond motifs is 3. The SMILES string of the molecule is CCOC(=O)c1cc(C(=O)c2ccccc2O)c2n(c1=O)CCc1ccccc1-2. The van der Waals surface area contributed by atoms with E-state index in [2.05, 4.69) is 0 Å². The van der Waals surface area contributed by atoms with Gasteiger partial charge in [0.2, 0.25) is 0 Å². The minimum absolute atomic E-state index is 0.104. The molecule has 1 N–H and O–H groups in total. The zero-order valence-electron chi connectivity index (χ0n) is 15.8. The molecule has 4 rings (SSSR count). The second kappa shape index (κ2) is 7.39. The fourth-order valence-electron chi connectivity index (χ4n) is 3.71. The highest BCUT2D eigenvalue weighted by Gasteiger charge is 2.29. The first kappa shape index (κ1) is 18.7. The van der Waals surface area contributed by atoms with Gasteiger partial charge in [0.25, 0.3) is 5.56 Å². The predicted octanol–water partition coefficient (Wildman–Crippen LogP) is 3.18. The van der Waals surface area contributed by atoms with Gasteiger partial charge in [-0.3, -0.25) is 9.59 Å². The Morgan fingerprint density at radius 2 is 1.76 bits per heavy atom. The van der Waals surface area contributed by atoms with Crippen LogP contribution < -0.4 is 5.56 Å². The zero-order valence-corrected chi connectivity index (χ0v) is 15.8. The highest BCUT2D eigenvalue weighted by atomic mass is 16.5. The van der Waals surface area contributed by atoms with Crippen LogP contribution in [0.15, 0.2) is 59.4 Å². The van der Waals surface area contributed by atoms with Gasteiger partial charge in [-0.1, -0.05) is 36.4 Å². The van der Waals surface area contributed by atoms with Gasteiger partial charge in [0.1, 0.15) is 11.3 Å². The molecule has 0 unspecified atom stereocenters. The molecule has 0 aliphatic carbocycles. The van der Waals surface area contributed by atoms with Crippen molar-refractivity contribution in [2.24, 2.45) is 0 Å². The van der Waals surface area contributed by atoms with Crippen LogP contribution in [0.1, 0.15) is 38.8 Å². The Morgan fingerprint density at radius 1 is 1.03 bits per heavy atom. The number of phenols is 1. The second-order valence-corrected chi connectivity index (χ2v) is 6.75. The number of hydrogen-bond donors (Lipinski definition) is 1. The van der Waals surface area contributed by atoms with Crippen molar-refractivity contribution in [3.8, 4) is 17.0 Å². The predicted molar refractivity (Wildman–Crippen MR) is 107 cm³/mol.